The molecule has 0 radical (unpaired) electrons. The van der Waals surface area contributed by atoms with Crippen molar-refractivity contribution in [3.05, 3.63) is 119 Å². The predicted molar refractivity (Wildman–Crippen MR) is 109 cm³/mol. The van der Waals surface area contributed by atoms with Gasteiger partial charge in [0.05, 0.1) is 0 Å². The molecule has 1 nitrogen and oxygen atoms in total. The molecule has 0 aliphatic carbocycles. The summed E-state index contributed by atoms with van der Waals surface area (Å²) in [4.78, 5) is 0. The molecule has 0 atom stereocenters. The van der Waals surface area contributed by atoms with E-state index in [1.807, 2.05) is 79.0 Å². The Kier molecular flexibility index (Phi) is 5.94. The lowest BCUT2D eigenvalue weighted by atomic mass is 10.1. The maximum Gasteiger partial charge on any atom is 0.290 e. The Morgan fingerprint density at radius 3 is 1.96 bits per heavy atom. The van der Waals surface area contributed by atoms with Gasteiger partial charge >= 0.3 is 0 Å². The SMILES string of the molecule is [C-](=[N+]=Cc1ccccc1/C=C/C=C/c1ccccc1)c1ccccc1. The summed E-state index contributed by atoms with van der Waals surface area (Å²) in [5.74, 6) is 0. The van der Waals surface area contributed by atoms with Crippen LogP contribution >= 0.6 is 0 Å². The monoisotopic (exact) mass is 321 g/mol. The van der Waals surface area contributed by atoms with Crippen LogP contribution in [0.2, 0.25) is 0 Å². The normalized spacial score (nSPS) is 10.7. The fourth-order valence-corrected chi connectivity index (χ4v) is 2.36. The number of hydrogen-bond acceptors (Lipinski definition) is 0. The van der Waals surface area contributed by atoms with Gasteiger partial charge in [0.15, 0.2) is 0 Å². The quantitative estimate of drug-likeness (QED) is 0.275. The lowest BCUT2D eigenvalue weighted by molar-refractivity contribution is 1.58. The largest absolute Gasteiger partial charge is 0.290 e. The van der Waals surface area contributed by atoms with Crippen molar-refractivity contribution in [1.82, 2.24) is 4.67 Å². The Labute approximate surface area is 149 Å². The smallest absolute Gasteiger partial charge is 0.187 e. The first-order chi connectivity index (χ1) is 12.4. The number of benzene rings is 3. The molecule has 0 saturated heterocycles. The van der Waals surface area contributed by atoms with E-state index in [1.165, 1.54) is 5.56 Å². The molecule has 3 rings (SSSR count). The van der Waals surface area contributed by atoms with Crippen LogP contribution in [-0.2, 0) is 0 Å². The molecule has 0 amide bonds. The maximum absolute atomic E-state index is 4.32. The Balaban J connectivity index is 1.74. The van der Waals surface area contributed by atoms with E-state index in [0.717, 1.165) is 16.7 Å². The average molecular weight is 321 g/mol. The highest BCUT2D eigenvalue weighted by Crippen LogP contribution is 2.09. The van der Waals surface area contributed by atoms with E-state index in [9.17, 15) is 0 Å². The molecule has 0 aliphatic heterocycles. The number of hydrogen-bond donors (Lipinski definition) is 0. The molecule has 0 N–H and O–H groups in total. The van der Waals surface area contributed by atoms with Crippen molar-refractivity contribution in [2.24, 2.45) is 0 Å². The molecular weight excluding hydrogens is 302 g/mol. The van der Waals surface area contributed by atoms with Crippen molar-refractivity contribution in [1.29, 1.82) is 0 Å². The molecule has 120 valence electrons. The third kappa shape index (κ3) is 5.31. The topological polar surface area (TPSA) is 14.1 Å². The minimum atomic E-state index is 0.970. The number of allylic oxidation sites excluding steroid dienone is 2. The van der Waals surface area contributed by atoms with E-state index < -0.39 is 0 Å². The number of nitrogens with zero attached hydrogens (tertiary/aromatic N) is 1. The first kappa shape index (κ1) is 16.4. The lowest BCUT2D eigenvalue weighted by Crippen LogP contribution is -1.91. The Bertz CT molecular complexity index is 913. The molecule has 0 spiro atoms. The minimum Gasteiger partial charge on any atom is -0.187 e. The molecule has 0 unspecified atom stereocenters. The van der Waals surface area contributed by atoms with Crippen LogP contribution in [0.15, 0.2) is 97.1 Å². The van der Waals surface area contributed by atoms with Crippen LogP contribution in [0.4, 0.5) is 0 Å². The maximum atomic E-state index is 4.32. The first-order valence-electron chi connectivity index (χ1n) is 8.25. The average Bonchev–Trinajstić information content (AvgIpc) is 2.68. The molecule has 3 aromatic rings. The summed E-state index contributed by atoms with van der Waals surface area (Å²) in [6.07, 6.45) is 13.1. The van der Waals surface area contributed by atoms with Gasteiger partial charge in [-0.25, -0.2) is 0 Å². The third-order valence-corrected chi connectivity index (χ3v) is 3.64. The van der Waals surface area contributed by atoms with Gasteiger partial charge in [0.25, 0.3) is 6.21 Å². The van der Waals surface area contributed by atoms with Gasteiger partial charge in [-0.05, 0) is 11.1 Å². The molecule has 1 heteroatoms. The van der Waals surface area contributed by atoms with Gasteiger partial charge in [0.1, 0.15) is 0 Å². The van der Waals surface area contributed by atoms with Crippen molar-refractivity contribution in [3.63, 3.8) is 0 Å². The zero-order valence-corrected chi connectivity index (χ0v) is 13.9. The lowest BCUT2D eigenvalue weighted by Gasteiger charge is -1.96. The molecular formula is C24H19N. The summed E-state index contributed by atoms with van der Waals surface area (Å²) >= 11 is 0. The molecule has 0 fully saturated rings. The Morgan fingerprint density at radius 1 is 0.600 bits per heavy atom. The fraction of sp³-hybridized carbons (Fsp3) is 0. The Morgan fingerprint density at radius 2 is 1.20 bits per heavy atom. The zero-order valence-electron chi connectivity index (χ0n) is 13.9. The van der Waals surface area contributed by atoms with Crippen LogP contribution in [0, 0.1) is 0 Å². The van der Waals surface area contributed by atoms with E-state index in [4.69, 9.17) is 0 Å². The van der Waals surface area contributed by atoms with E-state index in [1.54, 1.807) is 0 Å². The van der Waals surface area contributed by atoms with Crippen molar-refractivity contribution in [2.45, 2.75) is 0 Å². The number of rotatable bonds is 5. The molecule has 0 saturated carbocycles. The van der Waals surface area contributed by atoms with Crippen molar-refractivity contribution in [2.75, 3.05) is 0 Å². The van der Waals surface area contributed by atoms with Gasteiger partial charge < -0.3 is 0 Å². The van der Waals surface area contributed by atoms with Crippen LogP contribution in [0.25, 0.3) is 12.2 Å². The second kappa shape index (κ2) is 9.02. The summed E-state index contributed by atoms with van der Waals surface area (Å²) in [7, 11) is 0. The van der Waals surface area contributed by atoms with Crippen molar-refractivity contribution < 1.29 is 0 Å². The van der Waals surface area contributed by atoms with Crippen LogP contribution < -0.4 is 4.67 Å². The summed E-state index contributed by atoms with van der Waals surface area (Å²) in [5, 5.41) is 0. The van der Waals surface area contributed by atoms with Gasteiger partial charge in [-0.15, -0.1) is 24.3 Å². The molecule has 3 aromatic carbocycles. The molecule has 0 bridgehead atoms. The van der Waals surface area contributed by atoms with Crippen LogP contribution in [0.3, 0.4) is 0 Å². The Hall–Kier alpha value is -3.41. The van der Waals surface area contributed by atoms with E-state index >= 15 is 0 Å². The second-order valence-electron chi connectivity index (χ2n) is 5.49. The fourth-order valence-electron chi connectivity index (χ4n) is 2.36. The van der Waals surface area contributed by atoms with Gasteiger partial charge in [-0.3, -0.25) is 0 Å². The van der Waals surface area contributed by atoms with Gasteiger partial charge in [-0.1, -0.05) is 90.5 Å². The summed E-state index contributed by atoms with van der Waals surface area (Å²) in [5.41, 5.74) is 4.35. The molecule has 25 heavy (non-hydrogen) atoms. The summed E-state index contributed by atoms with van der Waals surface area (Å²) in [6, 6.07) is 28.3. The highest BCUT2D eigenvalue weighted by molar-refractivity contribution is 5.89. The van der Waals surface area contributed by atoms with Gasteiger partial charge in [0, 0.05) is 5.56 Å². The van der Waals surface area contributed by atoms with Crippen molar-refractivity contribution >= 4 is 24.6 Å². The first-order valence-corrected chi connectivity index (χ1v) is 8.25. The zero-order chi connectivity index (χ0) is 17.2. The van der Waals surface area contributed by atoms with Crippen LogP contribution in [0.5, 0.6) is 0 Å². The summed E-state index contributed by atoms with van der Waals surface area (Å²) in [6.45, 7) is 0. The van der Waals surface area contributed by atoms with Crippen LogP contribution in [0.1, 0.15) is 22.3 Å². The molecule has 0 aromatic heterocycles. The van der Waals surface area contributed by atoms with Crippen molar-refractivity contribution in [3.8, 4) is 0 Å². The van der Waals surface area contributed by atoms with Gasteiger partial charge in [-0.2, -0.15) is 4.67 Å². The molecule has 0 aliphatic rings. The van der Waals surface area contributed by atoms with E-state index in [0.29, 0.717) is 0 Å². The van der Waals surface area contributed by atoms with E-state index in [-0.39, 0.29) is 0 Å². The second-order valence-corrected chi connectivity index (χ2v) is 5.49. The summed E-state index contributed by atoms with van der Waals surface area (Å²) < 4.78 is 4.32. The minimum absolute atomic E-state index is 0.970. The predicted octanol–water partition coefficient (Wildman–Crippen LogP) is 4.90. The molecule has 0 heterocycles. The van der Waals surface area contributed by atoms with Crippen LogP contribution in [-0.4, -0.2) is 12.4 Å². The third-order valence-electron chi connectivity index (χ3n) is 3.64. The van der Waals surface area contributed by atoms with E-state index in [2.05, 4.69) is 47.3 Å². The highest BCUT2D eigenvalue weighted by Gasteiger charge is 1.96. The standard InChI is InChI=1S/C24H19N/c1-3-11-21(12-4-1)13-7-8-16-23-17-9-10-18-24(23)20-25-19-22-14-5-2-6-15-22/h1-18,20H/b13-7+,16-8+. The highest BCUT2D eigenvalue weighted by atomic mass is 14.5. The van der Waals surface area contributed by atoms with Gasteiger partial charge in [0.2, 0.25) is 6.21 Å².